The summed E-state index contributed by atoms with van der Waals surface area (Å²) >= 11 is 0. The molecule has 0 bridgehead atoms. The SMILES string of the molecule is c1ccc(CC2(c3ccccc3)Oc3ccccc3O2)cc1. The summed E-state index contributed by atoms with van der Waals surface area (Å²) in [6, 6.07) is 28.2. The lowest BCUT2D eigenvalue weighted by atomic mass is 9.97. The van der Waals surface area contributed by atoms with Crippen molar-refractivity contribution in [3.63, 3.8) is 0 Å². The molecule has 0 spiro atoms. The second-order valence-electron chi connectivity index (χ2n) is 5.43. The van der Waals surface area contributed by atoms with E-state index in [1.54, 1.807) is 0 Å². The first-order chi connectivity index (χ1) is 10.9. The third-order valence-corrected chi connectivity index (χ3v) is 3.89. The highest BCUT2D eigenvalue weighted by Crippen LogP contribution is 2.45. The Kier molecular flexibility index (Phi) is 3.08. The molecule has 2 heteroatoms. The Morgan fingerprint density at radius 2 is 1.09 bits per heavy atom. The summed E-state index contributed by atoms with van der Waals surface area (Å²) in [5.74, 6) is 0.788. The Hall–Kier alpha value is -2.74. The minimum Gasteiger partial charge on any atom is -0.444 e. The maximum Gasteiger partial charge on any atom is 0.282 e. The van der Waals surface area contributed by atoms with Crippen LogP contribution in [-0.4, -0.2) is 0 Å². The molecule has 0 amide bonds. The van der Waals surface area contributed by atoms with Crippen LogP contribution in [0.3, 0.4) is 0 Å². The highest BCUT2D eigenvalue weighted by atomic mass is 16.7. The maximum absolute atomic E-state index is 6.26. The van der Waals surface area contributed by atoms with Crippen molar-refractivity contribution in [2.75, 3.05) is 0 Å². The van der Waals surface area contributed by atoms with E-state index in [1.807, 2.05) is 60.7 Å². The molecule has 0 radical (unpaired) electrons. The summed E-state index contributed by atoms with van der Waals surface area (Å²) in [7, 11) is 0. The van der Waals surface area contributed by atoms with Gasteiger partial charge >= 0.3 is 0 Å². The first-order valence-corrected chi connectivity index (χ1v) is 7.42. The van der Waals surface area contributed by atoms with Crippen molar-refractivity contribution >= 4 is 0 Å². The molecule has 2 nitrogen and oxygen atoms in total. The fourth-order valence-electron chi connectivity index (χ4n) is 2.84. The van der Waals surface area contributed by atoms with Crippen molar-refractivity contribution in [1.29, 1.82) is 0 Å². The number of hydrogen-bond acceptors (Lipinski definition) is 2. The van der Waals surface area contributed by atoms with E-state index in [-0.39, 0.29) is 0 Å². The van der Waals surface area contributed by atoms with Gasteiger partial charge in [0.15, 0.2) is 11.5 Å². The Bertz CT molecular complexity index is 741. The average Bonchev–Trinajstić information content (AvgIpc) is 2.96. The second kappa shape index (κ2) is 5.23. The molecule has 1 aliphatic rings. The zero-order valence-corrected chi connectivity index (χ0v) is 12.1. The molecule has 22 heavy (non-hydrogen) atoms. The lowest BCUT2D eigenvalue weighted by Gasteiger charge is -2.28. The van der Waals surface area contributed by atoms with Crippen molar-refractivity contribution in [3.05, 3.63) is 96.1 Å². The number of benzene rings is 3. The smallest absolute Gasteiger partial charge is 0.282 e. The molecule has 0 unspecified atom stereocenters. The van der Waals surface area contributed by atoms with Gasteiger partial charge in [-0.2, -0.15) is 0 Å². The number of rotatable bonds is 3. The topological polar surface area (TPSA) is 18.5 Å². The van der Waals surface area contributed by atoms with Gasteiger partial charge in [-0.05, 0) is 17.7 Å². The minimum atomic E-state index is -0.799. The van der Waals surface area contributed by atoms with Gasteiger partial charge in [0.25, 0.3) is 5.79 Å². The Balaban J connectivity index is 1.77. The van der Waals surface area contributed by atoms with E-state index in [2.05, 4.69) is 24.3 Å². The zero-order chi connectivity index (χ0) is 14.8. The Morgan fingerprint density at radius 3 is 1.68 bits per heavy atom. The molecule has 0 fully saturated rings. The van der Waals surface area contributed by atoms with Crippen LogP contribution in [-0.2, 0) is 12.2 Å². The highest BCUT2D eigenvalue weighted by Gasteiger charge is 2.43. The molecule has 0 aromatic heterocycles. The molecule has 0 aliphatic carbocycles. The largest absolute Gasteiger partial charge is 0.444 e. The molecule has 4 rings (SSSR count). The molecular formula is C20H16O2. The third-order valence-electron chi connectivity index (χ3n) is 3.89. The van der Waals surface area contributed by atoms with Crippen molar-refractivity contribution in [2.45, 2.75) is 12.2 Å². The van der Waals surface area contributed by atoms with Crippen LogP contribution in [0.5, 0.6) is 11.5 Å². The molecule has 0 atom stereocenters. The summed E-state index contributed by atoms with van der Waals surface area (Å²) in [5.41, 5.74) is 2.20. The van der Waals surface area contributed by atoms with E-state index in [9.17, 15) is 0 Å². The number of hydrogen-bond donors (Lipinski definition) is 0. The lowest BCUT2D eigenvalue weighted by molar-refractivity contribution is -0.0855. The summed E-state index contributed by atoms with van der Waals surface area (Å²) in [4.78, 5) is 0. The van der Waals surface area contributed by atoms with Gasteiger partial charge in [0.1, 0.15) is 0 Å². The van der Waals surface area contributed by atoms with Crippen molar-refractivity contribution in [2.24, 2.45) is 0 Å². The highest BCUT2D eigenvalue weighted by molar-refractivity contribution is 5.45. The standard InChI is InChI=1S/C20H16O2/c1-3-9-16(10-4-1)15-20(17-11-5-2-6-12-17)21-18-13-7-8-14-19(18)22-20/h1-14H,15H2. The third kappa shape index (κ3) is 2.23. The van der Waals surface area contributed by atoms with Gasteiger partial charge in [0, 0.05) is 5.56 Å². The molecule has 0 saturated heterocycles. The molecule has 1 heterocycles. The van der Waals surface area contributed by atoms with E-state index in [0.29, 0.717) is 6.42 Å². The van der Waals surface area contributed by atoms with Gasteiger partial charge < -0.3 is 9.47 Å². The number of ether oxygens (including phenoxy) is 2. The summed E-state index contributed by atoms with van der Waals surface area (Å²) in [6.45, 7) is 0. The quantitative estimate of drug-likeness (QED) is 0.703. The lowest BCUT2D eigenvalue weighted by Crippen LogP contribution is -2.37. The second-order valence-corrected chi connectivity index (χ2v) is 5.43. The van der Waals surface area contributed by atoms with E-state index in [1.165, 1.54) is 5.56 Å². The van der Waals surface area contributed by atoms with Crippen LogP contribution in [0.15, 0.2) is 84.9 Å². The van der Waals surface area contributed by atoms with Crippen LogP contribution in [0.1, 0.15) is 11.1 Å². The van der Waals surface area contributed by atoms with Crippen LogP contribution < -0.4 is 9.47 Å². The zero-order valence-electron chi connectivity index (χ0n) is 12.1. The van der Waals surface area contributed by atoms with Gasteiger partial charge in [-0.15, -0.1) is 0 Å². The summed E-state index contributed by atoms with van der Waals surface area (Å²) in [5, 5.41) is 0. The van der Waals surface area contributed by atoms with E-state index >= 15 is 0 Å². The molecule has 3 aromatic carbocycles. The van der Waals surface area contributed by atoms with Crippen molar-refractivity contribution in [1.82, 2.24) is 0 Å². The van der Waals surface area contributed by atoms with Crippen molar-refractivity contribution in [3.8, 4) is 11.5 Å². The van der Waals surface area contributed by atoms with E-state index in [0.717, 1.165) is 17.1 Å². The molecular weight excluding hydrogens is 272 g/mol. The van der Waals surface area contributed by atoms with Crippen LogP contribution in [0.4, 0.5) is 0 Å². The predicted octanol–water partition coefficient (Wildman–Crippen LogP) is 4.55. The number of para-hydroxylation sites is 2. The monoisotopic (exact) mass is 288 g/mol. The molecule has 0 N–H and O–H groups in total. The van der Waals surface area contributed by atoms with E-state index in [4.69, 9.17) is 9.47 Å². The Labute approximate surface area is 129 Å². The van der Waals surface area contributed by atoms with Gasteiger partial charge in [0.2, 0.25) is 0 Å². The molecule has 0 saturated carbocycles. The molecule has 108 valence electrons. The minimum absolute atomic E-state index is 0.659. The molecule has 3 aromatic rings. The fourth-order valence-corrected chi connectivity index (χ4v) is 2.84. The van der Waals surface area contributed by atoms with Crippen LogP contribution in [0.2, 0.25) is 0 Å². The predicted molar refractivity (Wildman–Crippen MR) is 86.0 cm³/mol. The normalized spacial score (nSPS) is 14.7. The first kappa shape index (κ1) is 13.0. The Morgan fingerprint density at radius 1 is 0.591 bits per heavy atom. The van der Waals surface area contributed by atoms with Gasteiger partial charge in [-0.1, -0.05) is 72.8 Å². The van der Waals surface area contributed by atoms with Crippen LogP contribution >= 0.6 is 0 Å². The number of fused-ring (bicyclic) bond motifs is 1. The van der Waals surface area contributed by atoms with E-state index < -0.39 is 5.79 Å². The van der Waals surface area contributed by atoms with Crippen LogP contribution in [0, 0.1) is 0 Å². The summed E-state index contributed by atoms with van der Waals surface area (Å²) < 4.78 is 12.5. The van der Waals surface area contributed by atoms with Crippen LogP contribution in [0.25, 0.3) is 0 Å². The fraction of sp³-hybridized carbons (Fsp3) is 0.100. The summed E-state index contributed by atoms with van der Waals surface area (Å²) in [6.07, 6.45) is 0.659. The average molecular weight is 288 g/mol. The van der Waals surface area contributed by atoms with Gasteiger partial charge in [0.05, 0.1) is 6.42 Å². The maximum atomic E-state index is 6.26. The van der Waals surface area contributed by atoms with Crippen molar-refractivity contribution < 1.29 is 9.47 Å². The molecule has 1 aliphatic heterocycles. The van der Waals surface area contributed by atoms with Gasteiger partial charge in [-0.25, -0.2) is 0 Å². The van der Waals surface area contributed by atoms with Gasteiger partial charge in [-0.3, -0.25) is 0 Å². The first-order valence-electron chi connectivity index (χ1n) is 7.42.